The quantitative estimate of drug-likeness (QED) is 0.793. The molecule has 1 atom stereocenters. The highest BCUT2D eigenvalue weighted by molar-refractivity contribution is 9.10. The highest BCUT2D eigenvalue weighted by atomic mass is 79.9. The van der Waals surface area contributed by atoms with E-state index in [9.17, 15) is 9.90 Å². The van der Waals surface area contributed by atoms with Crippen LogP contribution >= 0.6 is 15.9 Å². The number of benzene rings is 1. The van der Waals surface area contributed by atoms with Crippen LogP contribution in [0, 0.1) is 13.8 Å². The Hall–Kier alpha value is -1.07. The monoisotopic (exact) mass is 287 g/mol. The van der Waals surface area contributed by atoms with E-state index in [4.69, 9.17) is 10.8 Å². The number of phenolic OH excluding ortho intramolecular Hbond substituents is 1. The summed E-state index contributed by atoms with van der Waals surface area (Å²) in [5, 5.41) is 18.7. The molecule has 5 heteroatoms. The predicted molar refractivity (Wildman–Crippen MR) is 64.7 cm³/mol. The van der Waals surface area contributed by atoms with Gasteiger partial charge in [-0.05, 0) is 46.5 Å². The van der Waals surface area contributed by atoms with E-state index >= 15 is 0 Å². The molecule has 1 aromatic rings. The lowest BCUT2D eigenvalue weighted by Gasteiger charge is -2.16. The first-order valence-corrected chi connectivity index (χ1v) is 5.60. The Morgan fingerprint density at radius 3 is 2.56 bits per heavy atom. The summed E-state index contributed by atoms with van der Waals surface area (Å²) in [6, 6.07) is 1.67. The average Bonchev–Trinajstić information content (AvgIpc) is 2.23. The van der Waals surface area contributed by atoms with Gasteiger partial charge in [-0.2, -0.15) is 0 Å². The summed E-state index contributed by atoms with van der Waals surface area (Å²) in [5.74, 6) is -1.55. The van der Waals surface area contributed by atoms with E-state index in [0.29, 0.717) is 21.2 Å². The van der Waals surface area contributed by atoms with E-state index in [1.807, 2.05) is 0 Å². The molecular formula is C11H14BrNO3. The molecule has 1 unspecified atom stereocenters. The van der Waals surface area contributed by atoms with Crippen molar-refractivity contribution in [1.82, 2.24) is 0 Å². The smallest absolute Gasteiger partial charge is 0.312 e. The number of aryl methyl sites for hydroxylation is 1. The Morgan fingerprint density at radius 1 is 1.56 bits per heavy atom. The Bertz CT molecular complexity index is 432. The number of phenols is 1. The molecule has 0 aliphatic rings. The minimum atomic E-state index is -0.956. The molecule has 0 saturated carbocycles. The van der Waals surface area contributed by atoms with E-state index in [2.05, 4.69) is 15.9 Å². The van der Waals surface area contributed by atoms with Crippen LogP contribution in [0.4, 0.5) is 0 Å². The third kappa shape index (κ3) is 2.20. The molecule has 0 fully saturated rings. The molecule has 0 amide bonds. The number of hydrogen-bond donors (Lipinski definition) is 3. The summed E-state index contributed by atoms with van der Waals surface area (Å²) in [4.78, 5) is 11.0. The van der Waals surface area contributed by atoms with Crippen LogP contribution in [0.2, 0.25) is 0 Å². The molecule has 0 aliphatic heterocycles. The summed E-state index contributed by atoms with van der Waals surface area (Å²) in [7, 11) is 0. The van der Waals surface area contributed by atoms with E-state index < -0.39 is 11.9 Å². The van der Waals surface area contributed by atoms with Gasteiger partial charge in [0.2, 0.25) is 0 Å². The number of hydrogen-bond acceptors (Lipinski definition) is 3. The van der Waals surface area contributed by atoms with Crippen molar-refractivity contribution in [2.24, 2.45) is 5.73 Å². The second kappa shape index (κ2) is 4.84. The molecule has 4 N–H and O–H groups in total. The Labute approximate surface area is 102 Å². The maximum atomic E-state index is 11.0. The number of aliphatic carboxylic acids is 1. The molecule has 0 spiro atoms. The standard InChI is InChI=1S/C11H14BrNO3/c1-5-3-7(8(4-13)11(15)16)6(2)9(12)10(5)14/h3,8,14H,4,13H2,1-2H3,(H,15,16). The van der Waals surface area contributed by atoms with Crippen LogP contribution in [0.25, 0.3) is 0 Å². The largest absolute Gasteiger partial charge is 0.506 e. The van der Waals surface area contributed by atoms with Crippen LogP contribution in [-0.4, -0.2) is 22.7 Å². The van der Waals surface area contributed by atoms with Crippen molar-refractivity contribution in [3.05, 3.63) is 27.2 Å². The van der Waals surface area contributed by atoms with E-state index in [0.717, 1.165) is 0 Å². The number of nitrogens with two attached hydrogens (primary N) is 1. The normalized spacial score (nSPS) is 12.5. The lowest BCUT2D eigenvalue weighted by atomic mass is 9.93. The number of carbonyl (C=O) groups is 1. The second-order valence-electron chi connectivity index (χ2n) is 3.70. The van der Waals surface area contributed by atoms with Crippen molar-refractivity contribution in [2.75, 3.05) is 6.54 Å². The van der Waals surface area contributed by atoms with Gasteiger partial charge in [-0.25, -0.2) is 0 Å². The van der Waals surface area contributed by atoms with Gasteiger partial charge < -0.3 is 15.9 Å². The van der Waals surface area contributed by atoms with Gasteiger partial charge in [-0.3, -0.25) is 4.79 Å². The van der Waals surface area contributed by atoms with Crippen LogP contribution in [0.3, 0.4) is 0 Å². The molecule has 0 aliphatic carbocycles. The van der Waals surface area contributed by atoms with Crippen molar-refractivity contribution in [3.63, 3.8) is 0 Å². The van der Waals surface area contributed by atoms with Crippen LogP contribution in [0.15, 0.2) is 10.5 Å². The number of halogens is 1. The number of carboxylic acid groups (broad SMARTS) is 1. The number of rotatable bonds is 3. The second-order valence-corrected chi connectivity index (χ2v) is 4.49. The Kier molecular flexibility index (Phi) is 3.93. The van der Waals surface area contributed by atoms with Gasteiger partial charge in [0.15, 0.2) is 0 Å². The van der Waals surface area contributed by atoms with E-state index in [1.54, 1.807) is 19.9 Å². The van der Waals surface area contributed by atoms with E-state index in [1.165, 1.54) is 0 Å². The maximum absolute atomic E-state index is 11.0. The molecule has 0 aromatic heterocycles. The molecule has 1 rings (SSSR count). The topological polar surface area (TPSA) is 83.6 Å². The zero-order valence-electron chi connectivity index (χ0n) is 9.12. The Morgan fingerprint density at radius 2 is 2.12 bits per heavy atom. The first kappa shape index (κ1) is 13.0. The highest BCUT2D eigenvalue weighted by Crippen LogP contribution is 2.35. The summed E-state index contributed by atoms with van der Waals surface area (Å²) in [6.07, 6.45) is 0. The summed E-state index contributed by atoms with van der Waals surface area (Å²) >= 11 is 3.24. The minimum absolute atomic E-state index is 0.0346. The van der Waals surface area contributed by atoms with Crippen LogP contribution in [-0.2, 0) is 4.79 Å². The third-order valence-corrected chi connectivity index (χ3v) is 3.60. The fraction of sp³-hybridized carbons (Fsp3) is 0.364. The predicted octanol–water partition coefficient (Wildman–Crippen LogP) is 1.90. The van der Waals surface area contributed by atoms with Crippen LogP contribution in [0.1, 0.15) is 22.6 Å². The van der Waals surface area contributed by atoms with Crippen LogP contribution in [0.5, 0.6) is 5.75 Å². The number of aromatic hydroxyl groups is 1. The first-order chi connectivity index (χ1) is 7.40. The van der Waals surface area contributed by atoms with Gasteiger partial charge in [-0.1, -0.05) is 6.07 Å². The fourth-order valence-corrected chi connectivity index (χ4v) is 2.15. The SMILES string of the molecule is Cc1cc(C(CN)C(=O)O)c(C)c(Br)c1O. The summed E-state index contributed by atoms with van der Waals surface area (Å²) in [5.41, 5.74) is 7.43. The van der Waals surface area contributed by atoms with Gasteiger partial charge in [-0.15, -0.1) is 0 Å². The first-order valence-electron chi connectivity index (χ1n) is 4.81. The van der Waals surface area contributed by atoms with Crippen LogP contribution < -0.4 is 5.73 Å². The molecule has 0 radical (unpaired) electrons. The molecule has 4 nitrogen and oxygen atoms in total. The van der Waals surface area contributed by atoms with Gasteiger partial charge in [0.05, 0.1) is 10.4 Å². The molecule has 0 saturated heterocycles. The lowest BCUT2D eigenvalue weighted by Crippen LogP contribution is -2.22. The van der Waals surface area contributed by atoms with Crippen molar-refractivity contribution in [3.8, 4) is 5.75 Å². The van der Waals surface area contributed by atoms with Crippen molar-refractivity contribution < 1.29 is 15.0 Å². The van der Waals surface area contributed by atoms with E-state index in [-0.39, 0.29) is 12.3 Å². The zero-order chi connectivity index (χ0) is 12.5. The maximum Gasteiger partial charge on any atom is 0.312 e. The molecule has 0 bridgehead atoms. The van der Waals surface area contributed by atoms with Gasteiger partial charge in [0, 0.05) is 6.54 Å². The molecule has 0 heterocycles. The highest BCUT2D eigenvalue weighted by Gasteiger charge is 2.22. The third-order valence-electron chi connectivity index (χ3n) is 2.62. The average molecular weight is 288 g/mol. The zero-order valence-corrected chi connectivity index (χ0v) is 10.7. The van der Waals surface area contributed by atoms with Gasteiger partial charge >= 0.3 is 5.97 Å². The fourth-order valence-electron chi connectivity index (χ4n) is 1.61. The van der Waals surface area contributed by atoms with Gasteiger partial charge in [0.1, 0.15) is 5.75 Å². The molecule has 16 heavy (non-hydrogen) atoms. The van der Waals surface area contributed by atoms with Crippen molar-refractivity contribution in [1.29, 1.82) is 0 Å². The molecular weight excluding hydrogens is 274 g/mol. The summed E-state index contributed by atoms with van der Waals surface area (Å²) in [6.45, 7) is 3.51. The Balaban J connectivity index is 3.39. The minimum Gasteiger partial charge on any atom is -0.506 e. The lowest BCUT2D eigenvalue weighted by molar-refractivity contribution is -0.138. The van der Waals surface area contributed by atoms with Crippen molar-refractivity contribution >= 4 is 21.9 Å². The number of carboxylic acids is 1. The van der Waals surface area contributed by atoms with Crippen molar-refractivity contribution in [2.45, 2.75) is 19.8 Å². The van der Waals surface area contributed by atoms with Gasteiger partial charge in [0.25, 0.3) is 0 Å². The molecule has 88 valence electrons. The molecule has 1 aromatic carbocycles. The summed E-state index contributed by atoms with van der Waals surface area (Å²) < 4.78 is 0.530.